The Hall–Kier alpha value is -1.06. The molecule has 0 aromatic heterocycles. The van der Waals surface area contributed by atoms with E-state index in [9.17, 15) is 9.59 Å². The number of amides is 1. The molecule has 1 rings (SSSR count). The van der Waals surface area contributed by atoms with Gasteiger partial charge in [0, 0.05) is 19.5 Å². The van der Waals surface area contributed by atoms with Gasteiger partial charge in [0.2, 0.25) is 5.91 Å². The molecule has 1 aliphatic rings. The van der Waals surface area contributed by atoms with E-state index in [1.807, 2.05) is 0 Å². The van der Waals surface area contributed by atoms with Crippen LogP contribution in [0, 0.1) is 5.92 Å². The van der Waals surface area contributed by atoms with Crippen molar-refractivity contribution in [2.75, 3.05) is 13.1 Å². The van der Waals surface area contributed by atoms with Gasteiger partial charge in [0.1, 0.15) is 0 Å². The highest BCUT2D eigenvalue weighted by atomic mass is 16.4. The number of hydrogen-bond donors (Lipinski definition) is 1. The van der Waals surface area contributed by atoms with Crippen molar-refractivity contribution >= 4 is 11.9 Å². The van der Waals surface area contributed by atoms with Gasteiger partial charge in [-0.15, -0.1) is 0 Å². The number of unbranched alkanes of at least 4 members (excludes halogenated alkanes) is 9. The minimum atomic E-state index is -0.839. The zero-order chi connectivity index (χ0) is 15.5. The van der Waals surface area contributed by atoms with Gasteiger partial charge in [-0.1, -0.05) is 64.7 Å². The highest BCUT2D eigenvalue weighted by Gasteiger charge is 2.33. The second kappa shape index (κ2) is 10.6. The molecule has 0 aromatic carbocycles. The van der Waals surface area contributed by atoms with Crippen molar-refractivity contribution in [2.45, 2.75) is 77.6 Å². The number of carboxylic acid groups (broad SMARTS) is 1. The fraction of sp³-hybridized carbons (Fsp3) is 0.882. The molecule has 1 heterocycles. The third-order valence-corrected chi connectivity index (χ3v) is 4.35. The molecule has 0 spiro atoms. The Morgan fingerprint density at radius 1 is 1.05 bits per heavy atom. The minimum Gasteiger partial charge on any atom is -0.481 e. The molecular formula is C17H31NO3. The number of carboxylic acids is 1. The molecule has 21 heavy (non-hydrogen) atoms. The Morgan fingerprint density at radius 3 is 2.05 bits per heavy atom. The molecule has 4 nitrogen and oxygen atoms in total. The molecule has 122 valence electrons. The number of carbonyl (C=O) groups is 2. The number of rotatable bonds is 12. The highest BCUT2D eigenvalue weighted by molar-refractivity contribution is 5.86. The van der Waals surface area contributed by atoms with Gasteiger partial charge < -0.3 is 10.0 Å². The molecule has 0 saturated carbocycles. The number of carbonyl (C=O) groups excluding carboxylic acids is 1. The van der Waals surface area contributed by atoms with Crippen LogP contribution in [0.3, 0.4) is 0 Å². The molecule has 1 saturated heterocycles. The van der Waals surface area contributed by atoms with Gasteiger partial charge in [-0.3, -0.25) is 9.59 Å². The molecule has 0 aliphatic carbocycles. The lowest BCUT2D eigenvalue weighted by Gasteiger charge is -2.15. The van der Waals surface area contributed by atoms with Crippen LogP contribution in [0.15, 0.2) is 0 Å². The molecule has 0 unspecified atom stereocenters. The fourth-order valence-electron chi connectivity index (χ4n) is 2.94. The Kier molecular flexibility index (Phi) is 9.11. The summed E-state index contributed by atoms with van der Waals surface area (Å²) in [5.74, 6) is -1.31. The molecule has 1 atom stereocenters. The van der Waals surface area contributed by atoms with Crippen LogP contribution < -0.4 is 0 Å². The van der Waals surface area contributed by atoms with Crippen LogP contribution in [0.4, 0.5) is 0 Å². The highest BCUT2D eigenvalue weighted by Crippen LogP contribution is 2.19. The first kappa shape index (κ1) is 18.0. The van der Waals surface area contributed by atoms with E-state index in [1.54, 1.807) is 4.90 Å². The number of nitrogens with zero attached hydrogens (tertiary/aromatic N) is 1. The lowest BCUT2D eigenvalue weighted by molar-refractivity contribution is -0.141. The second-order valence-electron chi connectivity index (χ2n) is 6.26. The maximum absolute atomic E-state index is 11.6. The van der Waals surface area contributed by atoms with Crippen LogP contribution >= 0.6 is 0 Å². The predicted molar refractivity (Wildman–Crippen MR) is 84.2 cm³/mol. The molecule has 1 fully saturated rings. The molecule has 1 aliphatic heterocycles. The van der Waals surface area contributed by atoms with Crippen LogP contribution in [-0.4, -0.2) is 35.0 Å². The average molecular weight is 297 g/mol. The minimum absolute atomic E-state index is 0.0123. The third-order valence-electron chi connectivity index (χ3n) is 4.35. The molecular weight excluding hydrogens is 266 g/mol. The van der Waals surface area contributed by atoms with Crippen molar-refractivity contribution in [2.24, 2.45) is 5.92 Å². The van der Waals surface area contributed by atoms with Crippen molar-refractivity contribution in [3.05, 3.63) is 0 Å². The SMILES string of the molecule is CCCCCCCCCCCCN1C[C@@H](C(=O)O)CC1=O. The van der Waals surface area contributed by atoms with E-state index in [-0.39, 0.29) is 12.3 Å². The molecule has 0 aromatic rings. The molecule has 0 bridgehead atoms. The topological polar surface area (TPSA) is 57.6 Å². The molecule has 1 N–H and O–H groups in total. The summed E-state index contributed by atoms with van der Waals surface area (Å²) in [6.07, 6.45) is 13.0. The molecule has 0 radical (unpaired) electrons. The van der Waals surface area contributed by atoms with E-state index in [0.29, 0.717) is 6.54 Å². The molecule has 1 amide bonds. The van der Waals surface area contributed by atoms with Crippen LogP contribution in [0.1, 0.15) is 77.6 Å². The molecule has 4 heteroatoms. The summed E-state index contributed by atoms with van der Waals surface area (Å²) < 4.78 is 0. The summed E-state index contributed by atoms with van der Waals surface area (Å²) in [5.41, 5.74) is 0. The summed E-state index contributed by atoms with van der Waals surface area (Å²) in [6, 6.07) is 0. The normalized spacial score (nSPS) is 18.4. The van der Waals surface area contributed by atoms with E-state index in [2.05, 4.69) is 6.92 Å². The Bertz CT molecular complexity index is 317. The first-order valence-corrected chi connectivity index (χ1v) is 8.65. The van der Waals surface area contributed by atoms with E-state index in [0.717, 1.165) is 19.4 Å². The largest absolute Gasteiger partial charge is 0.481 e. The first-order valence-electron chi connectivity index (χ1n) is 8.65. The van der Waals surface area contributed by atoms with Gasteiger partial charge in [-0.05, 0) is 6.42 Å². The van der Waals surface area contributed by atoms with Crippen molar-refractivity contribution in [1.29, 1.82) is 0 Å². The Morgan fingerprint density at radius 2 is 1.57 bits per heavy atom. The monoisotopic (exact) mass is 297 g/mol. The van der Waals surface area contributed by atoms with Crippen LogP contribution in [0.2, 0.25) is 0 Å². The van der Waals surface area contributed by atoms with E-state index < -0.39 is 11.9 Å². The van der Waals surface area contributed by atoms with Crippen LogP contribution in [-0.2, 0) is 9.59 Å². The Balaban J connectivity index is 1.93. The summed E-state index contributed by atoms with van der Waals surface area (Å²) >= 11 is 0. The number of hydrogen-bond acceptors (Lipinski definition) is 2. The second-order valence-corrected chi connectivity index (χ2v) is 6.26. The van der Waals surface area contributed by atoms with E-state index >= 15 is 0 Å². The lowest BCUT2D eigenvalue weighted by atomic mass is 10.1. The van der Waals surface area contributed by atoms with Gasteiger partial charge in [-0.2, -0.15) is 0 Å². The lowest BCUT2D eigenvalue weighted by Crippen LogP contribution is -2.27. The standard InChI is InChI=1S/C17H31NO3/c1-2-3-4-5-6-7-8-9-10-11-12-18-14-15(17(20)21)13-16(18)19/h15H,2-14H2,1H3,(H,20,21)/t15-/m0/s1. The van der Waals surface area contributed by atoms with Crippen LogP contribution in [0.5, 0.6) is 0 Å². The maximum Gasteiger partial charge on any atom is 0.308 e. The van der Waals surface area contributed by atoms with Gasteiger partial charge in [0.25, 0.3) is 0 Å². The summed E-state index contributed by atoms with van der Waals surface area (Å²) in [7, 11) is 0. The van der Waals surface area contributed by atoms with Gasteiger partial charge in [0.05, 0.1) is 5.92 Å². The zero-order valence-electron chi connectivity index (χ0n) is 13.5. The predicted octanol–water partition coefficient (Wildman–Crippen LogP) is 3.84. The first-order chi connectivity index (χ1) is 10.1. The van der Waals surface area contributed by atoms with Crippen molar-refractivity contribution < 1.29 is 14.7 Å². The van der Waals surface area contributed by atoms with Crippen molar-refractivity contribution in [1.82, 2.24) is 4.90 Å². The smallest absolute Gasteiger partial charge is 0.308 e. The van der Waals surface area contributed by atoms with Crippen molar-refractivity contribution in [3.63, 3.8) is 0 Å². The van der Waals surface area contributed by atoms with Crippen LogP contribution in [0.25, 0.3) is 0 Å². The van der Waals surface area contributed by atoms with Gasteiger partial charge in [-0.25, -0.2) is 0 Å². The summed E-state index contributed by atoms with van der Waals surface area (Å²) in [6.45, 7) is 3.38. The van der Waals surface area contributed by atoms with Gasteiger partial charge >= 0.3 is 5.97 Å². The fourth-order valence-corrected chi connectivity index (χ4v) is 2.94. The Labute approximate surface area is 128 Å². The number of likely N-dealkylation sites (tertiary alicyclic amines) is 1. The quantitative estimate of drug-likeness (QED) is 0.557. The summed E-state index contributed by atoms with van der Waals surface area (Å²) in [4.78, 5) is 24.2. The third kappa shape index (κ3) is 7.49. The maximum atomic E-state index is 11.6. The van der Waals surface area contributed by atoms with Gasteiger partial charge in [0.15, 0.2) is 0 Å². The average Bonchev–Trinajstić information content (AvgIpc) is 2.82. The van der Waals surface area contributed by atoms with E-state index in [4.69, 9.17) is 5.11 Å². The van der Waals surface area contributed by atoms with Crippen molar-refractivity contribution in [3.8, 4) is 0 Å². The number of aliphatic carboxylic acids is 1. The van der Waals surface area contributed by atoms with E-state index in [1.165, 1.54) is 51.4 Å². The summed E-state index contributed by atoms with van der Waals surface area (Å²) in [5, 5.41) is 8.92. The zero-order valence-corrected chi connectivity index (χ0v) is 13.5.